The molecule has 0 saturated carbocycles. The highest BCUT2D eigenvalue weighted by atomic mass is 15.3. The van der Waals surface area contributed by atoms with Crippen molar-refractivity contribution in [2.45, 2.75) is 106 Å². The molecule has 0 radical (unpaired) electrons. The van der Waals surface area contributed by atoms with Crippen LogP contribution in [0.4, 0.5) is 5.69 Å². The summed E-state index contributed by atoms with van der Waals surface area (Å²) in [4.78, 5) is 4.81. The fourth-order valence-corrected chi connectivity index (χ4v) is 4.27. The summed E-state index contributed by atoms with van der Waals surface area (Å²) in [6.07, 6.45) is 10.1. The maximum atomic E-state index is 4.81. The van der Waals surface area contributed by atoms with Crippen LogP contribution in [0, 0.1) is 5.92 Å². The van der Waals surface area contributed by atoms with Gasteiger partial charge in [0, 0.05) is 36.9 Å². The second-order valence-electron chi connectivity index (χ2n) is 9.10. The van der Waals surface area contributed by atoms with Crippen LogP contribution in [-0.2, 0) is 13.1 Å². The van der Waals surface area contributed by atoms with Gasteiger partial charge in [0.15, 0.2) is 5.65 Å². The lowest BCUT2D eigenvalue weighted by molar-refractivity contribution is 0.456. The summed E-state index contributed by atoms with van der Waals surface area (Å²) in [5, 5.41) is 13.4. The van der Waals surface area contributed by atoms with Gasteiger partial charge in [0.2, 0.25) is 0 Å². The van der Waals surface area contributed by atoms with Gasteiger partial charge in [-0.25, -0.2) is 9.67 Å². The molecule has 2 N–H and O–H groups in total. The molecule has 2 heterocycles. The number of nitrogens with zero attached hydrogens (tertiary/aromatic N) is 3. The van der Waals surface area contributed by atoms with Crippen LogP contribution in [0.1, 0.15) is 97.7 Å². The van der Waals surface area contributed by atoms with Crippen molar-refractivity contribution in [1.29, 1.82) is 0 Å². The zero-order valence-corrected chi connectivity index (χ0v) is 22.6. The number of rotatable bonds is 13. The quantitative estimate of drug-likeness (QED) is 0.271. The van der Waals surface area contributed by atoms with Gasteiger partial charge in [0.25, 0.3) is 0 Å². The fraction of sp³-hybridized carbons (Fsp3) is 0.586. The number of fused-ring (bicyclic) bond motifs is 1. The lowest BCUT2D eigenvalue weighted by Gasteiger charge is -2.25. The Morgan fingerprint density at radius 1 is 0.941 bits per heavy atom. The lowest BCUT2D eigenvalue weighted by Crippen LogP contribution is -2.24. The number of anilines is 1. The third-order valence-corrected chi connectivity index (χ3v) is 6.61. The van der Waals surface area contributed by atoms with Crippen LogP contribution in [0.5, 0.6) is 0 Å². The van der Waals surface area contributed by atoms with Gasteiger partial charge in [0.1, 0.15) is 0 Å². The lowest BCUT2D eigenvalue weighted by atomic mass is 9.96. The molecular formula is C29H47N5. The highest BCUT2D eigenvalue weighted by Gasteiger charge is 2.20. The summed E-state index contributed by atoms with van der Waals surface area (Å²) in [7, 11) is 0. The summed E-state index contributed by atoms with van der Waals surface area (Å²) < 4.78 is 1.99. The molecule has 0 aliphatic heterocycles. The number of aryl methyl sites for hydroxylation is 1. The van der Waals surface area contributed by atoms with E-state index in [4.69, 9.17) is 4.98 Å². The van der Waals surface area contributed by atoms with Crippen LogP contribution in [0.2, 0.25) is 0 Å². The Hall–Kier alpha value is -2.40. The molecule has 0 fully saturated rings. The zero-order chi connectivity index (χ0) is 24.9. The van der Waals surface area contributed by atoms with E-state index in [9.17, 15) is 0 Å². The molecule has 34 heavy (non-hydrogen) atoms. The number of hydrogen-bond acceptors (Lipinski definition) is 4. The van der Waals surface area contributed by atoms with E-state index in [1.165, 1.54) is 48.9 Å². The van der Waals surface area contributed by atoms with Crippen molar-refractivity contribution in [3.05, 3.63) is 53.9 Å². The first-order valence-corrected chi connectivity index (χ1v) is 13.5. The smallest absolute Gasteiger partial charge is 0.159 e. The summed E-state index contributed by atoms with van der Waals surface area (Å²) in [5.74, 6) is 0.766. The van der Waals surface area contributed by atoms with Crippen molar-refractivity contribution in [2.24, 2.45) is 5.92 Å². The van der Waals surface area contributed by atoms with Gasteiger partial charge in [-0.2, -0.15) is 5.10 Å². The van der Waals surface area contributed by atoms with E-state index in [1.54, 1.807) is 0 Å². The molecule has 5 nitrogen and oxygen atoms in total. The molecule has 2 aromatic heterocycles. The SMILES string of the molecule is CC.CCCC(CCC(C)CC)Nc1c(C(C)NCc2ccccc2)cnc2c1cnn2CC. The third kappa shape index (κ3) is 7.56. The first-order valence-electron chi connectivity index (χ1n) is 13.5. The zero-order valence-electron chi connectivity index (χ0n) is 22.6. The van der Waals surface area contributed by atoms with E-state index in [1.807, 2.05) is 30.9 Å². The van der Waals surface area contributed by atoms with Crippen LogP contribution < -0.4 is 10.6 Å². The fourth-order valence-electron chi connectivity index (χ4n) is 4.27. The van der Waals surface area contributed by atoms with Gasteiger partial charge in [-0.3, -0.25) is 0 Å². The summed E-state index contributed by atoms with van der Waals surface area (Å²) >= 11 is 0. The molecule has 0 aliphatic rings. The molecule has 3 unspecified atom stereocenters. The summed E-state index contributed by atoms with van der Waals surface area (Å²) in [6, 6.07) is 11.2. The molecule has 3 aromatic rings. The first-order chi connectivity index (χ1) is 16.6. The molecule has 5 heteroatoms. The van der Waals surface area contributed by atoms with Gasteiger partial charge < -0.3 is 10.6 Å². The molecule has 0 amide bonds. The third-order valence-electron chi connectivity index (χ3n) is 6.61. The van der Waals surface area contributed by atoms with Crippen molar-refractivity contribution < 1.29 is 0 Å². The molecule has 0 bridgehead atoms. The molecule has 0 saturated heterocycles. The Labute approximate surface area is 207 Å². The van der Waals surface area contributed by atoms with Gasteiger partial charge >= 0.3 is 0 Å². The Balaban J connectivity index is 0.00000199. The van der Waals surface area contributed by atoms with E-state index >= 15 is 0 Å². The average Bonchev–Trinajstić information content (AvgIpc) is 3.31. The Morgan fingerprint density at radius 3 is 2.32 bits per heavy atom. The highest BCUT2D eigenvalue weighted by molar-refractivity contribution is 5.91. The Kier molecular flexibility index (Phi) is 12.1. The second kappa shape index (κ2) is 14.8. The van der Waals surface area contributed by atoms with Crippen LogP contribution in [0.3, 0.4) is 0 Å². The minimum Gasteiger partial charge on any atom is -0.381 e. The van der Waals surface area contributed by atoms with E-state index in [0.29, 0.717) is 6.04 Å². The van der Waals surface area contributed by atoms with E-state index in [0.717, 1.165) is 30.0 Å². The van der Waals surface area contributed by atoms with Gasteiger partial charge in [0.05, 0.1) is 17.3 Å². The van der Waals surface area contributed by atoms with Crippen molar-refractivity contribution >= 4 is 16.7 Å². The Morgan fingerprint density at radius 2 is 1.68 bits per heavy atom. The van der Waals surface area contributed by atoms with E-state index in [-0.39, 0.29) is 6.04 Å². The molecule has 3 rings (SSSR count). The maximum Gasteiger partial charge on any atom is 0.159 e. The van der Waals surface area contributed by atoms with Gasteiger partial charge in [-0.1, -0.05) is 77.8 Å². The second-order valence-corrected chi connectivity index (χ2v) is 9.10. The van der Waals surface area contributed by atoms with Gasteiger partial charge in [-0.05, 0) is 44.6 Å². The Bertz CT molecular complexity index is 950. The number of aromatic nitrogens is 3. The van der Waals surface area contributed by atoms with E-state index < -0.39 is 0 Å². The minimum atomic E-state index is 0.177. The van der Waals surface area contributed by atoms with Crippen LogP contribution >= 0.6 is 0 Å². The predicted molar refractivity (Wildman–Crippen MR) is 147 cm³/mol. The van der Waals surface area contributed by atoms with Crippen LogP contribution in [0.15, 0.2) is 42.7 Å². The number of nitrogens with one attached hydrogen (secondary N) is 2. The average molecular weight is 466 g/mol. The van der Waals surface area contributed by atoms with Crippen LogP contribution in [-0.4, -0.2) is 20.8 Å². The van der Waals surface area contributed by atoms with Crippen LogP contribution in [0.25, 0.3) is 11.0 Å². The van der Waals surface area contributed by atoms with Gasteiger partial charge in [-0.15, -0.1) is 0 Å². The predicted octanol–water partition coefficient (Wildman–Crippen LogP) is 7.74. The number of benzene rings is 1. The van der Waals surface area contributed by atoms with Crippen molar-refractivity contribution in [3.63, 3.8) is 0 Å². The molecule has 188 valence electrons. The number of pyridine rings is 1. The monoisotopic (exact) mass is 465 g/mol. The molecule has 0 aliphatic carbocycles. The standard InChI is InChI=1S/C27H41N5.C2H6/c1-6-12-23(16-15-20(4)7-2)31-26-24(18-29-27-25(26)19-30-32(27)8-3)21(5)28-17-22-13-10-9-11-14-22;1-2/h9-11,13-14,18-21,23,28H,6-8,12,15-17H2,1-5H3,(H,29,31);1-2H3. The molecular weight excluding hydrogens is 418 g/mol. The van der Waals surface area contributed by atoms with Crippen molar-refractivity contribution in [1.82, 2.24) is 20.1 Å². The summed E-state index contributed by atoms with van der Waals surface area (Å²) in [5.41, 5.74) is 4.67. The van der Waals surface area contributed by atoms with E-state index in [2.05, 4.69) is 80.7 Å². The van der Waals surface area contributed by atoms with Crippen molar-refractivity contribution in [3.8, 4) is 0 Å². The maximum absolute atomic E-state index is 4.81. The summed E-state index contributed by atoms with van der Waals surface area (Å²) in [6.45, 7) is 16.9. The highest BCUT2D eigenvalue weighted by Crippen LogP contribution is 2.32. The normalized spacial score (nSPS) is 13.7. The van der Waals surface area contributed by atoms with Crippen molar-refractivity contribution in [2.75, 3.05) is 5.32 Å². The molecule has 0 spiro atoms. The topological polar surface area (TPSA) is 54.8 Å². The molecule has 1 aromatic carbocycles. The largest absolute Gasteiger partial charge is 0.381 e. The molecule has 3 atom stereocenters. The first kappa shape index (κ1) is 27.8. The minimum absolute atomic E-state index is 0.177. The number of hydrogen-bond donors (Lipinski definition) is 2.